The Morgan fingerprint density at radius 2 is 1.79 bits per heavy atom. The Morgan fingerprint density at radius 1 is 1.14 bits per heavy atom. The fourth-order valence-corrected chi connectivity index (χ4v) is 4.16. The number of nitrogens with zero attached hydrogens (tertiary/aromatic N) is 5. The number of carboxylic acids is 1. The SMILES string of the molecule is O=C(O)C(F)(F)F.O=C(c1ccnnc1)N1C[C@H]2CN(Cc3nccs3)C[C@H]2C1. The molecule has 156 valence electrons. The van der Waals surface area contributed by atoms with E-state index >= 15 is 0 Å². The molecular formula is C17H18F3N5O3S. The van der Waals surface area contributed by atoms with E-state index in [1.165, 1.54) is 5.01 Å². The number of carbonyl (C=O) groups is 2. The Balaban J connectivity index is 0.000000298. The van der Waals surface area contributed by atoms with Crippen LogP contribution < -0.4 is 0 Å². The Hall–Kier alpha value is -2.60. The number of likely N-dealkylation sites (tertiary alicyclic amines) is 2. The molecule has 4 rings (SSSR count). The van der Waals surface area contributed by atoms with Crippen LogP contribution in [0.3, 0.4) is 0 Å². The molecule has 0 aromatic carbocycles. The third kappa shape index (κ3) is 5.48. The topological polar surface area (TPSA) is 99.5 Å². The zero-order chi connectivity index (χ0) is 21.0. The predicted octanol–water partition coefficient (Wildman–Crippen LogP) is 1.77. The Bertz CT molecular complexity index is 821. The van der Waals surface area contributed by atoms with Gasteiger partial charge in [-0.15, -0.1) is 11.3 Å². The molecular weight excluding hydrogens is 411 g/mol. The van der Waals surface area contributed by atoms with Gasteiger partial charge in [0, 0.05) is 37.8 Å². The average molecular weight is 429 g/mol. The van der Waals surface area contributed by atoms with E-state index in [1.807, 2.05) is 16.5 Å². The average Bonchev–Trinajstić information content (AvgIpc) is 3.38. The standard InChI is InChI=1S/C15H17N5OS.C2HF3O2/c21-15(11-1-2-17-18-5-11)20-8-12-6-19(7-13(12)9-20)10-14-16-3-4-22-14;3-2(4,5)1(6)7/h1-5,12-13H,6-10H2;(H,6,7)/t12-,13+;. The number of aromatic nitrogens is 3. The smallest absolute Gasteiger partial charge is 0.475 e. The van der Waals surface area contributed by atoms with Crippen LogP contribution in [0.1, 0.15) is 15.4 Å². The van der Waals surface area contributed by atoms with Crippen LogP contribution in [0.15, 0.2) is 30.0 Å². The molecule has 1 amide bonds. The van der Waals surface area contributed by atoms with Gasteiger partial charge >= 0.3 is 12.1 Å². The van der Waals surface area contributed by atoms with E-state index in [2.05, 4.69) is 20.1 Å². The summed E-state index contributed by atoms with van der Waals surface area (Å²) in [6.07, 6.45) is -0.106. The summed E-state index contributed by atoms with van der Waals surface area (Å²) in [5.74, 6) is -1.51. The molecule has 2 aromatic heterocycles. The second-order valence-electron chi connectivity index (χ2n) is 6.78. The quantitative estimate of drug-likeness (QED) is 0.794. The van der Waals surface area contributed by atoms with Gasteiger partial charge in [-0.25, -0.2) is 9.78 Å². The lowest BCUT2D eigenvalue weighted by molar-refractivity contribution is -0.192. The van der Waals surface area contributed by atoms with Gasteiger partial charge in [-0.3, -0.25) is 9.69 Å². The van der Waals surface area contributed by atoms with Gasteiger partial charge in [0.1, 0.15) is 5.01 Å². The number of fused-ring (bicyclic) bond motifs is 1. The first-order valence-corrected chi connectivity index (χ1v) is 9.59. The van der Waals surface area contributed by atoms with Gasteiger partial charge in [0.2, 0.25) is 0 Å². The minimum Gasteiger partial charge on any atom is -0.475 e. The molecule has 2 aromatic rings. The number of alkyl halides is 3. The fourth-order valence-electron chi connectivity index (χ4n) is 3.51. The summed E-state index contributed by atoms with van der Waals surface area (Å²) in [4.78, 5) is 30.1. The van der Waals surface area contributed by atoms with E-state index in [-0.39, 0.29) is 5.91 Å². The summed E-state index contributed by atoms with van der Waals surface area (Å²) in [6.45, 7) is 4.75. The van der Waals surface area contributed by atoms with E-state index in [4.69, 9.17) is 9.90 Å². The zero-order valence-corrected chi connectivity index (χ0v) is 15.9. The molecule has 1 N–H and O–H groups in total. The zero-order valence-electron chi connectivity index (χ0n) is 15.1. The second kappa shape index (κ2) is 8.82. The molecule has 4 heterocycles. The van der Waals surface area contributed by atoms with Gasteiger partial charge in [0.05, 0.1) is 24.5 Å². The van der Waals surface area contributed by atoms with Crippen molar-refractivity contribution in [3.8, 4) is 0 Å². The van der Waals surface area contributed by atoms with Crippen LogP contribution in [-0.4, -0.2) is 74.3 Å². The fraction of sp³-hybridized carbons (Fsp3) is 0.471. The van der Waals surface area contributed by atoms with Crippen molar-refractivity contribution < 1.29 is 27.9 Å². The summed E-state index contributed by atoms with van der Waals surface area (Å²) in [6, 6.07) is 1.73. The summed E-state index contributed by atoms with van der Waals surface area (Å²) in [5, 5.41) is 17.8. The number of hydrogen-bond acceptors (Lipinski definition) is 7. The number of thiazole rings is 1. The van der Waals surface area contributed by atoms with E-state index in [0.717, 1.165) is 32.7 Å². The Morgan fingerprint density at radius 3 is 2.28 bits per heavy atom. The number of hydrogen-bond donors (Lipinski definition) is 1. The van der Waals surface area contributed by atoms with Crippen LogP contribution in [0.2, 0.25) is 0 Å². The number of rotatable bonds is 3. The Labute approximate surface area is 168 Å². The van der Waals surface area contributed by atoms with Gasteiger partial charge < -0.3 is 10.0 Å². The van der Waals surface area contributed by atoms with Crippen LogP contribution in [-0.2, 0) is 11.3 Å². The molecule has 2 atom stereocenters. The third-order valence-corrected chi connectivity index (χ3v) is 5.53. The summed E-state index contributed by atoms with van der Waals surface area (Å²) < 4.78 is 31.7. The van der Waals surface area contributed by atoms with Crippen LogP contribution in [0.4, 0.5) is 13.2 Å². The van der Waals surface area contributed by atoms with Crippen LogP contribution in [0, 0.1) is 11.8 Å². The highest BCUT2D eigenvalue weighted by Crippen LogP contribution is 2.32. The van der Waals surface area contributed by atoms with Crippen molar-refractivity contribution in [3.05, 3.63) is 40.6 Å². The molecule has 0 radical (unpaired) electrons. The highest BCUT2D eigenvalue weighted by atomic mass is 32.1. The number of carboxylic acid groups (broad SMARTS) is 1. The predicted molar refractivity (Wildman–Crippen MR) is 96.0 cm³/mol. The van der Waals surface area contributed by atoms with Crippen molar-refractivity contribution in [3.63, 3.8) is 0 Å². The van der Waals surface area contributed by atoms with Crippen molar-refractivity contribution >= 4 is 23.2 Å². The van der Waals surface area contributed by atoms with E-state index in [1.54, 1.807) is 29.8 Å². The molecule has 12 heteroatoms. The van der Waals surface area contributed by atoms with Crippen molar-refractivity contribution in [2.75, 3.05) is 26.2 Å². The highest BCUT2D eigenvalue weighted by Gasteiger charge is 2.41. The molecule has 2 saturated heterocycles. The molecule has 29 heavy (non-hydrogen) atoms. The molecule has 0 aliphatic carbocycles. The molecule has 0 saturated carbocycles. The lowest BCUT2D eigenvalue weighted by atomic mass is 10.0. The first-order chi connectivity index (χ1) is 13.7. The first-order valence-electron chi connectivity index (χ1n) is 8.71. The maximum absolute atomic E-state index is 12.5. The van der Waals surface area contributed by atoms with Crippen molar-refractivity contribution in [1.82, 2.24) is 25.0 Å². The van der Waals surface area contributed by atoms with Crippen LogP contribution in [0.5, 0.6) is 0 Å². The number of carbonyl (C=O) groups excluding carboxylic acids is 1. The maximum atomic E-state index is 12.5. The first kappa shape index (κ1) is 21.1. The summed E-state index contributed by atoms with van der Waals surface area (Å²) in [5.41, 5.74) is 0.634. The largest absolute Gasteiger partial charge is 0.490 e. The van der Waals surface area contributed by atoms with E-state index in [0.29, 0.717) is 17.4 Å². The second-order valence-corrected chi connectivity index (χ2v) is 7.76. The molecule has 2 aliphatic rings. The minimum atomic E-state index is -5.08. The number of aliphatic carboxylic acids is 1. The highest BCUT2D eigenvalue weighted by molar-refractivity contribution is 7.09. The third-order valence-electron chi connectivity index (χ3n) is 4.77. The normalized spacial score (nSPS) is 21.4. The molecule has 2 aliphatic heterocycles. The number of amides is 1. The van der Waals surface area contributed by atoms with E-state index in [9.17, 15) is 18.0 Å². The molecule has 8 nitrogen and oxygen atoms in total. The lowest BCUT2D eigenvalue weighted by Crippen LogP contribution is -2.33. The monoisotopic (exact) mass is 429 g/mol. The van der Waals surface area contributed by atoms with Gasteiger partial charge in [0.15, 0.2) is 0 Å². The van der Waals surface area contributed by atoms with Crippen molar-refractivity contribution in [2.24, 2.45) is 11.8 Å². The molecule has 0 spiro atoms. The van der Waals surface area contributed by atoms with Crippen molar-refractivity contribution in [1.29, 1.82) is 0 Å². The van der Waals surface area contributed by atoms with Crippen LogP contribution >= 0.6 is 11.3 Å². The van der Waals surface area contributed by atoms with Gasteiger partial charge in [0.25, 0.3) is 5.91 Å². The summed E-state index contributed by atoms with van der Waals surface area (Å²) >= 11 is 1.71. The molecule has 0 unspecified atom stereocenters. The van der Waals surface area contributed by atoms with Crippen LogP contribution in [0.25, 0.3) is 0 Å². The summed E-state index contributed by atoms with van der Waals surface area (Å²) in [7, 11) is 0. The molecule has 2 fully saturated rings. The van der Waals surface area contributed by atoms with Crippen molar-refractivity contribution in [2.45, 2.75) is 12.7 Å². The Kier molecular flexibility index (Phi) is 6.42. The molecule has 0 bridgehead atoms. The number of halogens is 3. The van der Waals surface area contributed by atoms with Gasteiger partial charge in [-0.2, -0.15) is 23.4 Å². The van der Waals surface area contributed by atoms with Gasteiger partial charge in [-0.05, 0) is 17.9 Å². The lowest BCUT2D eigenvalue weighted by Gasteiger charge is -2.20. The minimum absolute atomic E-state index is 0.0794. The maximum Gasteiger partial charge on any atom is 0.490 e. The van der Waals surface area contributed by atoms with Gasteiger partial charge in [-0.1, -0.05) is 0 Å². The van der Waals surface area contributed by atoms with E-state index < -0.39 is 12.1 Å².